The van der Waals surface area contributed by atoms with Crippen molar-refractivity contribution in [3.8, 4) is 0 Å². The van der Waals surface area contributed by atoms with E-state index in [1.54, 1.807) is 0 Å². The standard InChI is InChI=1S/C50H86O6/c1-4-7-10-13-16-19-22-24-25-27-28-31-34-37-40-43-49(52)55-46-47(45-54-48(51)42-39-36-33-30-21-18-15-12-9-6-3)56-50(53)44-41-38-35-32-29-26-23-20-17-14-11-8-5-2/h7,10,13,15-16,18-19,22,26,29,47H,4-6,8-9,11-12,14,17,20-21,23-25,27-28,30-46H2,1-3H3/b10-7-,16-13-,18-15-,22-19-,29-26-. The van der Waals surface area contributed by atoms with E-state index in [2.05, 4.69) is 81.5 Å². The number of allylic oxidation sites excluding steroid dienone is 10. The highest BCUT2D eigenvalue weighted by Crippen LogP contribution is 2.13. The van der Waals surface area contributed by atoms with Crippen LogP contribution in [0.4, 0.5) is 0 Å². The quantitative estimate of drug-likeness (QED) is 0.0202. The molecule has 0 fully saturated rings. The maximum Gasteiger partial charge on any atom is 0.306 e. The molecule has 0 radical (unpaired) electrons. The first-order chi connectivity index (χ1) is 27.5. The minimum atomic E-state index is -0.788. The fourth-order valence-electron chi connectivity index (χ4n) is 6.24. The summed E-state index contributed by atoms with van der Waals surface area (Å²) in [7, 11) is 0. The molecule has 0 aromatic carbocycles. The van der Waals surface area contributed by atoms with Crippen LogP contribution in [0.1, 0.15) is 220 Å². The summed E-state index contributed by atoms with van der Waals surface area (Å²) in [4.78, 5) is 37.7. The molecule has 0 amide bonds. The van der Waals surface area contributed by atoms with Crippen LogP contribution in [0.3, 0.4) is 0 Å². The van der Waals surface area contributed by atoms with Crippen molar-refractivity contribution in [2.45, 2.75) is 226 Å². The summed E-state index contributed by atoms with van der Waals surface area (Å²) in [6.45, 7) is 6.41. The first-order valence-corrected chi connectivity index (χ1v) is 23.3. The van der Waals surface area contributed by atoms with E-state index in [-0.39, 0.29) is 31.1 Å². The molecular weight excluding hydrogens is 697 g/mol. The fraction of sp³-hybridized carbons (Fsp3) is 0.740. The smallest absolute Gasteiger partial charge is 0.306 e. The number of rotatable bonds is 41. The molecule has 322 valence electrons. The molecule has 0 aliphatic heterocycles. The van der Waals surface area contributed by atoms with Crippen molar-refractivity contribution in [2.24, 2.45) is 0 Å². The molecule has 0 aromatic heterocycles. The lowest BCUT2D eigenvalue weighted by Gasteiger charge is -2.18. The molecule has 6 nitrogen and oxygen atoms in total. The van der Waals surface area contributed by atoms with Gasteiger partial charge in [0.25, 0.3) is 0 Å². The Balaban J connectivity index is 4.41. The maximum absolute atomic E-state index is 12.7. The zero-order valence-corrected chi connectivity index (χ0v) is 36.6. The highest BCUT2D eigenvalue weighted by molar-refractivity contribution is 5.71. The van der Waals surface area contributed by atoms with Crippen molar-refractivity contribution in [2.75, 3.05) is 13.2 Å². The van der Waals surface area contributed by atoms with Crippen molar-refractivity contribution < 1.29 is 28.6 Å². The molecule has 0 aromatic rings. The topological polar surface area (TPSA) is 78.9 Å². The lowest BCUT2D eigenvalue weighted by atomic mass is 10.1. The summed E-state index contributed by atoms with van der Waals surface area (Å²) in [5.41, 5.74) is 0. The second-order valence-corrected chi connectivity index (χ2v) is 15.3. The summed E-state index contributed by atoms with van der Waals surface area (Å²) in [6.07, 6.45) is 53.4. The van der Waals surface area contributed by atoms with E-state index in [0.717, 1.165) is 103 Å². The number of ether oxygens (including phenoxy) is 3. The average molecular weight is 783 g/mol. The molecule has 0 spiro atoms. The Morgan fingerprint density at radius 1 is 0.375 bits per heavy atom. The summed E-state index contributed by atoms with van der Waals surface area (Å²) < 4.78 is 16.7. The van der Waals surface area contributed by atoms with Crippen LogP contribution in [-0.4, -0.2) is 37.2 Å². The Morgan fingerprint density at radius 3 is 1.20 bits per heavy atom. The van der Waals surface area contributed by atoms with E-state index >= 15 is 0 Å². The van der Waals surface area contributed by atoms with Crippen molar-refractivity contribution in [3.63, 3.8) is 0 Å². The maximum atomic E-state index is 12.7. The van der Waals surface area contributed by atoms with Gasteiger partial charge in [0.05, 0.1) is 0 Å². The lowest BCUT2D eigenvalue weighted by molar-refractivity contribution is -0.167. The van der Waals surface area contributed by atoms with E-state index in [1.807, 2.05) is 0 Å². The van der Waals surface area contributed by atoms with Crippen LogP contribution in [-0.2, 0) is 28.6 Å². The Morgan fingerprint density at radius 2 is 0.732 bits per heavy atom. The normalized spacial score (nSPS) is 12.6. The van der Waals surface area contributed by atoms with Crippen molar-refractivity contribution in [1.82, 2.24) is 0 Å². The molecule has 0 aliphatic rings. The average Bonchev–Trinajstić information content (AvgIpc) is 3.19. The summed E-state index contributed by atoms with van der Waals surface area (Å²) in [6, 6.07) is 0. The number of carbonyl (C=O) groups is 3. The number of hydrogen-bond donors (Lipinski definition) is 0. The van der Waals surface area contributed by atoms with Gasteiger partial charge in [0.1, 0.15) is 13.2 Å². The van der Waals surface area contributed by atoms with Crippen LogP contribution in [0.25, 0.3) is 0 Å². The molecule has 1 unspecified atom stereocenters. The minimum Gasteiger partial charge on any atom is -0.462 e. The van der Waals surface area contributed by atoms with Gasteiger partial charge < -0.3 is 14.2 Å². The van der Waals surface area contributed by atoms with E-state index in [0.29, 0.717) is 19.3 Å². The van der Waals surface area contributed by atoms with Crippen LogP contribution < -0.4 is 0 Å². The number of hydrogen-bond acceptors (Lipinski definition) is 6. The molecule has 0 aliphatic carbocycles. The second-order valence-electron chi connectivity index (χ2n) is 15.3. The molecule has 56 heavy (non-hydrogen) atoms. The minimum absolute atomic E-state index is 0.0906. The fourth-order valence-corrected chi connectivity index (χ4v) is 6.24. The van der Waals surface area contributed by atoms with E-state index < -0.39 is 6.10 Å². The summed E-state index contributed by atoms with van der Waals surface area (Å²) in [5.74, 6) is -0.934. The third-order valence-electron chi connectivity index (χ3n) is 9.79. The molecule has 0 rings (SSSR count). The summed E-state index contributed by atoms with van der Waals surface area (Å²) >= 11 is 0. The van der Waals surface area contributed by atoms with Crippen LogP contribution in [0.2, 0.25) is 0 Å². The van der Waals surface area contributed by atoms with E-state index in [4.69, 9.17) is 14.2 Å². The van der Waals surface area contributed by atoms with Gasteiger partial charge in [0, 0.05) is 19.3 Å². The van der Waals surface area contributed by atoms with E-state index in [9.17, 15) is 14.4 Å². The Hall–Kier alpha value is -2.89. The van der Waals surface area contributed by atoms with Gasteiger partial charge in [-0.3, -0.25) is 14.4 Å². The highest BCUT2D eigenvalue weighted by Gasteiger charge is 2.19. The van der Waals surface area contributed by atoms with Crippen molar-refractivity contribution in [3.05, 3.63) is 60.8 Å². The summed E-state index contributed by atoms with van der Waals surface area (Å²) in [5, 5.41) is 0. The monoisotopic (exact) mass is 783 g/mol. The van der Waals surface area contributed by atoms with Gasteiger partial charge in [0.2, 0.25) is 0 Å². The second kappa shape index (κ2) is 44.8. The first-order valence-electron chi connectivity index (χ1n) is 23.3. The van der Waals surface area contributed by atoms with Crippen LogP contribution in [0, 0.1) is 0 Å². The van der Waals surface area contributed by atoms with Crippen LogP contribution in [0.5, 0.6) is 0 Å². The zero-order chi connectivity index (χ0) is 40.8. The number of carbonyl (C=O) groups excluding carboxylic acids is 3. The predicted octanol–water partition coefficient (Wildman–Crippen LogP) is 14.9. The van der Waals surface area contributed by atoms with Gasteiger partial charge in [0.15, 0.2) is 6.10 Å². The molecule has 1 atom stereocenters. The Labute approximate surface area is 345 Å². The zero-order valence-electron chi connectivity index (χ0n) is 36.6. The van der Waals surface area contributed by atoms with Crippen molar-refractivity contribution in [1.29, 1.82) is 0 Å². The van der Waals surface area contributed by atoms with Gasteiger partial charge in [-0.15, -0.1) is 0 Å². The molecular formula is C50H86O6. The van der Waals surface area contributed by atoms with Gasteiger partial charge in [-0.1, -0.05) is 178 Å². The van der Waals surface area contributed by atoms with Gasteiger partial charge in [-0.05, 0) is 83.5 Å². The van der Waals surface area contributed by atoms with Crippen molar-refractivity contribution >= 4 is 17.9 Å². The number of unbranched alkanes of at least 4 members (excludes halogenated alkanes) is 22. The highest BCUT2D eigenvalue weighted by atomic mass is 16.6. The van der Waals surface area contributed by atoms with Gasteiger partial charge in [-0.2, -0.15) is 0 Å². The van der Waals surface area contributed by atoms with E-state index in [1.165, 1.54) is 77.0 Å². The Bertz CT molecular complexity index is 1040. The molecule has 0 N–H and O–H groups in total. The predicted molar refractivity (Wildman–Crippen MR) is 238 cm³/mol. The third-order valence-corrected chi connectivity index (χ3v) is 9.79. The van der Waals surface area contributed by atoms with Gasteiger partial charge in [-0.25, -0.2) is 0 Å². The number of esters is 3. The largest absolute Gasteiger partial charge is 0.462 e. The SMILES string of the molecule is CC\C=C/C=C\C=C/CCCCCCCCCC(=O)OCC(COC(=O)CCCCCC/C=C\CCCC)OC(=O)CCCCC/C=C\CCCCCCCC. The first kappa shape index (κ1) is 53.1. The molecule has 0 saturated carbocycles. The Kier molecular flexibility index (Phi) is 42.5. The molecule has 6 heteroatoms. The lowest BCUT2D eigenvalue weighted by Crippen LogP contribution is -2.30. The molecule has 0 bridgehead atoms. The molecule has 0 saturated heterocycles. The van der Waals surface area contributed by atoms with Crippen LogP contribution >= 0.6 is 0 Å². The third kappa shape index (κ3) is 42.3. The van der Waals surface area contributed by atoms with Crippen LogP contribution in [0.15, 0.2) is 60.8 Å². The molecule has 0 heterocycles. The van der Waals surface area contributed by atoms with Gasteiger partial charge >= 0.3 is 17.9 Å².